The molecule has 0 saturated carbocycles. The van der Waals surface area contributed by atoms with E-state index in [-0.39, 0.29) is 6.10 Å². The van der Waals surface area contributed by atoms with Crippen molar-refractivity contribution in [2.75, 3.05) is 17.6 Å². The maximum Gasteiger partial charge on any atom is 0.145 e. The molecule has 0 aliphatic carbocycles. The molecule has 3 N–H and O–H groups in total. The zero-order valence-electron chi connectivity index (χ0n) is 10.3. The molecule has 1 unspecified atom stereocenters. The Morgan fingerprint density at radius 2 is 2.26 bits per heavy atom. The van der Waals surface area contributed by atoms with E-state index in [9.17, 15) is 0 Å². The number of halogens is 1. The lowest BCUT2D eigenvalue weighted by atomic mass is 10.1. The van der Waals surface area contributed by atoms with Gasteiger partial charge in [-0.3, -0.25) is 0 Å². The number of hydrogen-bond acceptors (Lipinski definition) is 4. The van der Waals surface area contributed by atoms with Crippen LogP contribution in [-0.4, -0.2) is 17.6 Å². The third kappa shape index (κ3) is 2.58. The first-order valence-corrected chi connectivity index (χ1v) is 6.49. The third-order valence-electron chi connectivity index (χ3n) is 3.07. The summed E-state index contributed by atoms with van der Waals surface area (Å²) in [6.45, 7) is 0.658. The second-order valence-corrected chi connectivity index (χ2v) is 4.94. The summed E-state index contributed by atoms with van der Waals surface area (Å²) < 4.78 is 5.83. The Kier molecular flexibility index (Phi) is 3.17. The number of para-hydroxylation sites is 1. The average Bonchev–Trinajstić information content (AvgIpc) is 2.80. The van der Waals surface area contributed by atoms with E-state index >= 15 is 0 Å². The van der Waals surface area contributed by atoms with Crippen molar-refractivity contribution >= 4 is 23.1 Å². The van der Waals surface area contributed by atoms with Gasteiger partial charge in [0.15, 0.2) is 0 Å². The van der Waals surface area contributed by atoms with Crippen molar-refractivity contribution in [2.45, 2.75) is 12.5 Å². The van der Waals surface area contributed by atoms with E-state index in [1.54, 1.807) is 12.3 Å². The summed E-state index contributed by atoms with van der Waals surface area (Å²) in [6.07, 6.45) is 2.58. The molecule has 98 valence electrons. The van der Waals surface area contributed by atoms with Crippen molar-refractivity contribution in [2.24, 2.45) is 0 Å². The average molecular weight is 276 g/mol. The first-order chi connectivity index (χ1) is 9.22. The fraction of sp³-hybridized carbons (Fsp3) is 0.214. The number of benzene rings is 1. The first-order valence-electron chi connectivity index (χ1n) is 6.12. The smallest absolute Gasteiger partial charge is 0.145 e. The minimum Gasteiger partial charge on any atom is -0.488 e. The Morgan fingerprint density at radius 1 is 1.42 bits per heavy atom. The van der Waals surface area contributed by atoms with Gasteiger partial charge >= 0.3 is 0 Å². The second kappa shape index (κ2) is 4.97. The quantitative estimate of drug-likeness (QED) is 0.904. The monoisotopic (exact) mass is 275 g/mol. The molecule has 3 rings (SSSR count). The number of nitrogens with two attached hydrogens (primary N) is 1. The van der Waals surface area contributed by atoms with Crippen LogP contribution < -0.4 is 15.8 Å². The molecule has 19 heavy (non-hydrogen) atoms. The van der Waals surface area contributed by atoms with Gasteiger partial charge in [-0.05, 0) is 17.7 Å². The molecule has 2 aromatic rings. The molecule has 4 nitrogen and oxygen atoms in total. The van der Waals surface area contributed by atoms with E-state index in [0.717, 1.165) is 12.2 Å². The number of nitrogen functional groups attached to an aromatic ring is 1. The summed E-state index contributed by atoms with van der Waals surface area (Å²) in [7, 11) is 0. The summed E-state index contributed by atoms with van der Waals surface area (Å²) >= 11 is 6.06. The number of rotatable bonds is 3. The van der Waals surface area contributed by atoms with Crippen LogP contribution in [0, 0.1) is 0 Å². The predicted octanol–water partition coefficient (Wildman–Crippen LogP) is 2.73. The van der Waals surface area contributed by atoms with E-state index in [0.29, 0.717) is 23.1 Å². The summed E-state index contributed by atoms with van der Waals surface area (Å²) in [4.78, 5) is 4.16. The molecule has 2 heterocycles. The molecule has 1 aliphatic heterocycles. The Labute approximate surface area is 116 Å². The van der Waals surface area contributed by atoms with Crippen LogP contribution in [0.15, 0.2) is 36.5 Å². The Hall–Kier alpha value is -1.94. The normalized spacial score (nSPS) is 16.8. The molecule has 0 spiro atoms. The van der Waals surface area contributed by atoms with Gasteiger partial charge in [-0.1, -0.05) is 29.8 Å². The van der Waals surface area contributed by atoms with Crippen LogP contribution in [0.3, 0.4) is 0 Å². The van der Waals surface area contributed by atoms with Crippen LogP contribution in [0.2, 0.25) is 5.02 Å². The number of pyridine rings is 1. The largest absolute Gasteiger partial charge is 0.488 e. The Morgan fingerprint density at radius 3 is 3.05 bits per heavy atom. The number of nitrogens with zero attached hydrogens (tertiary/aromatic N) is 1. The molecule has 0 fully saturated rings. The minimum absolute atomic E-state index is 0.104. The van der Waals surface area contributed by atoms with E-state index in [4.69, 9.17) is 22.1 Å². The lowest BCUT2D eigenvalue weighted by molar-refractivity contribution is 0.246. The highest BCUT2D eigenvalue weighted by Gasteiger charge is 2.22. The zero-order valence-corrected chi connectivity index (χ0v) is 11.0. The first kappa shape index (κ1) is 12.1. The van der Waals surface area contributed by atoms with E-state index in [1.165, 1.54) is 5.56 Å². The van der Waals surface area contributed by atoms with Crippen LogP contribution >= 0.6 is 11.6 Å². The van der Waals surface area contributed by atoms with Crippen molar-refractivity contribution in [3.8, 4) is 5.75 Å². The van der Waals surface area contributed by atoms with Crippen molar-refractivity contribution in [3.63, 3.8) is 0 Å². The lowest BCUT2D eigenvalue weighted by Crippen LogP contribution is -2.24. The van der Waals surface area contributed by atoms with Crippen LogP contribution in [0.25, 0.3) is 0 Å². The predicted molar refractivity (Wildman–Crippen MR) is 76.7 cm³/mol. The highest BCUT2D eigenvalue weighted by atomic mass is 35.5. The zero-order chi connectivity index (χ0) is 13.2. The molecule has 0 radical (unpaired) electrons. The summed E-state index contributed by atoms with van der Waals surface area (Å²) in [5.74, 6) is 1.60. The molecule has 0 bridgehead atoms. The molecular formula is C14H14ClN3O. The van der Waals surface area contributed by atoms with E-state index in [2.05, 4.69) is 16.4 Å². The molecular weight excluding hydrogens is 262 g/mol. The second-order valence-electron chi connectivity index (χ2n) is 4.53. The fourth-order valence-corrected chi connectivity index (χ4v) is 2.40. The Bertz CT molecular complexity index is 578. The number of fused-ring (bicyclic) bond motifs is 1. The van der Waals surface area contributed by atoms with Crippen LogP contribution in [0.1, 0.15) is 5.56 Å². The molecule has 1 atom stereocenters. The van der Waals surface area contributed by atoms with Crippen LogP contribution in [0.5, 0.6) is 5.75 Å². The number of nitrogens with one attached hydrogen (secondary N) is 1. The third-order valence-corrected chi connectivity index (χ3v) is 3.36. The number of ether oxygens (including phenoxy) is 1. The van der Waals surface area contributed by atoms with Gasteiger partial charge in [0.05, 0.1) is 23.5 Å². The van der Waals surface area contributed by atoms with Gasteiger partial charge < -0.3 is 15.8 Å². The van der Waals surface area contributed by atoms with Gasteiger partial charge in [0.25, 0.3) is 0 Å². The SMILES string of the molecule is Nc1cnc(NCC2Cc3ccccc3O2)c(Cl)c1. The maximum atomic E-state index is 6.06. The lowest BCUT2D eigenvalue weighted by Gasteiger charge is -2.13. The van der Waals surface area contributed by atoms with Crippen molar-refractivity contribution in [3.05, 3.63) is 47.1 Å². The summed E-state index contributed by atoms with van der Waals surface area (Å²) in [5.41, 5.74) is 7.40. The number of anilines is 2. The molecule has 0 saturated heterocycles. The van der Waals surface area contributed by atoms with Gasteiger partial charge in [0, 0.05) is 6.42 Å². The van der Waals surface area contributed by atoms with Gasteiger partial charge in [-0.25, -0.2) is 4.98 Å². The van der Waals surface area contributed by atoms with Crippen molar-refractivity contribution in [1.29, 1.82) is 0 Å². The summed E-state index contributed by atoms with van der Waals surface area (Å²) in [6, 6.07) is 9.76. The topological polar surface area (TPSA) is 60.2 Å². The van der Waals surface area contributed by atoms with E-state index in [1.807, 2.05) is 18.2 Å². The molecule has 1 aromatic heterocycles. The highest BCUT2D eigenvalue weighted by molar-refractivity contribution is 6.33. The summed E-state index contributed by atoms with van der Waals surface area (Å²) in [5, 5.41) is 3.72. The Balaban J connectivity index is 1.63. The van der Waals surface area contributed by atoms with Crippen LogP contribution in [0.4, 0.5) is 11.5 Å². The van der Waals surface area contributed by atoms with Gasteiger partial charge in [0.2, 0.25) is 0 Å². The molecule has 0 amide bonds. The fourth-order valence-electron chi connectivity index (χ4n) is 2.16. The van der Waals surface area contributed by atoms with Gasteiger partial charge in [-0.2, -0.15) is 0 Å². The number of hydrogen-bond donors (Lipinski definition) is 2. The van der Waals surface area contributed by atoms with Crippen molar-refractivity contribution in [1.82, 2.24) is 4.98 Å². The minimum atomic E-state index is 0.104. The standard InChI is InChI=1S/C14H14ClN3O/c15-12-6-10(16)7-17-14(12)18-8-11-5-9-3-1-2-4-13(9)19-11/h1-4,6-7,11H,5,8,16H2,(H,17,18). The molecule has 1 aliphatic rings. The number of aromatic nitrogens is 1. The highest BCUT2D eigenvalue weighted by Crippen LogP contribution is 2.28. The van der Waals surface area contributed by atoms with Crippen LogP contribution in [-0.2, 0) is 6.42 Å². The van der Waals surface area contributed by atoms with Gasteiger partial charge in [0.1, 0.15) is 17.7 Å². The molecule has 5 heteroatoms. The van der Waals surface area contributed by atoms with E-state index < -0.39 is 0 Å². The van der Waals surface area contributed by atoms with Crippen molar-refractivity contribution < 1.29 is 4.74 Å². The van der Waals surface area contributed by atoms with Gasteiger partial charge in [-0.15, -0.1) is 0 Å². The molecule has 1 aromatic carbocycles. The maximum absolute atomic E-state index is 6.06.